The number of nitrogens with one attached hydrogen (secondary N) is 2. The quantitative estimate of drug-likeness (QED) is 0.318. The molecule has 0 atom stereocenters. The van der Waals surface area contributed by atoms with Crippen molar-refractivity contribution in [2.24, 2.45) is 0 Å². The maximum absolute atomic E-state index is 13.1. The van der Waals surface area contributed by atoms with Crippen LogP contribution in [0.1, 0.15) is 50.7 Å². The molecule has 7 nitrogen and oxygen atoms in total. The molecule has 2 heterocycles. The van der Waals surface area contributed by atoms with E-state index in [9.17, 15) is 4.79 Å². The lowest BCUT2D eigenvalue weighted by Crippen LogP contribution is -2.16. The Balaban J connectivity index is 1.43. The van der Waals surface area contributed by atoms with Crippen molar-refractivity contribution in [3.8, 4) is 22.5 Å². The highest BCUT2D eigenvalue weighted by Gasteiger charge is 2.23. The number of rotatable bonds is 7. The van der Waals surface area contributed by atoms with Crippen molar-refractivity contribution in [3.05, 3.63) is 71.9 Å². The van der Waals surface area contributed by atoms with Gasteiger partial charge >= 0.3 is 0 Å². The van der Waals surface area contributed by atoms with Crippen molar-refractivity contribution in [1.29, 1.82) is 0 Å². The number of carbonyl (C=O) groups is 1. The zero-order valence-electron chi connectivity index (χ0n) is 20.1. The molecule has 2 aromatic heterocycles. The molecule has 8 heteroatoms. The summed E-state index contributed by atoms with van der Waals surface area (Å²) in [5.41, 5.74) is 5.74. The number of thioether (sulfide) groups is 1. The summed E-state index contributed by atoms with van der Waals surface area (Å²) in [5, 5.41) is 18.2. The van der Waals surface area contributed by atoms with Gasteiger partial charge in [0.25, 0.3) is 0 Å². The van der Waals surface area contributed by atoms with Crippen LogP contribution in [0, 0.1) is 0 Å². The molecular weight excluding hydrogens is 456 g/mol. The lowest BCUT2D eigenvalue weighted by Gasteiger charge is -2.20. The topological polar surface area (TPSA) is 96.4 Å². The van der Waals surface area contributed by atoms with E-state index in [2.05, 4.69) is 71.0 Å². The lowest BCUT2D eigenvalue weighted by molar-refractivity contribution is -0.115. The molecule has 0 saturated heterocycles. The molecule has 35 heavy (non-hydrogen) atoms. The highest BCUT2D eigenvalue weighted by Crippen LogP contribution is 2.40. The fourth-order valence-electron chi connectivity index (χ4n) is 3.98. The van der Waals surface area contributed by atoms with Gasteiger partial charge in [0.2, 0.25) is 5.91 Å². The van der Waals surface area contributed by atoms with Gasteiger partial charge in [0.15, 0.2) is 5.82 Å². The van der Waals surface area contributed by atoms with Gasteiger partial charge in [0.05, 0.1) is 12.1 Å². The van der Waals surface area contributed by atoms with Crippen LogP contribution < -0.4 is 5.32 Å². The highest BCUT2D eigenvalue weighted by atomic mass is 32.2. The largest absolute Gasteiger partial charge is 0.323 e. The average molecular weight is 485 g/mol. The third-order valence-corrected chi connectivity index (χ3v) is 6.89. The van der Waals surface area contributed by atoms with Crippen molar-refractivity contribution in [1.82, 2.24) is 25.6 Å². The second-order valence-corrected chi connectivity index (χ2v) is 11.6. The summed E-state index contributed by atoms with van der Waals surface area (Å²) >= 11 is 1.63. The Morgan fingerprint density at radius 1 is 1.09 bits per heavy atom. The van der Waals surface area contributed by atoms with E-state index in [0.29, 0.717) is 23.9 Å². The number of aromatic nitrogens is 5. The van der Waals surface area contributed by atoms with Crippen LogP contribution in [-0.4, -0.2) is 36.3 Å². The molecule has 0 spiro atoms. The molecule has 2 N–H and O–H groups in total. The third kappa shape index (κ3) is 5.77. The van der Waals surface area contributed by atoms with Crippen LogP contribution in [0.5, 0.6) is 0 Å². The summed E-state index contributed by atoms with van der Waals surface area (Å²) in [4.78, 5) is 17.8. The number of anilines is 1. The van der Waals surface area contributed by atoms with Crippen molar-refractivity contribution >= 4 is 23.4 Å². The second kappa shape index (κ2) is 9.62. The zero-order valence-corrected chi connectivity index (χ0v) is 20.9. The molecule has 1 amide bonds. The number of aromatic amines is 1. The number of hydrogen-bond acceptors (Lipinski definition) is 6. The summed E-state index contributed by atoms with van der Waals surface area (Å²) in [6.45, 7) is 6.39. The van der Waals surface area contributed by atoms with E-state index in [4.69, 9.17) is 4.98 Å². The first-order valence-corrected chi connectivity index (χ1v) is 12.6. The second-order valence-electron chi connectivity index (χ2n) is 9.83. The number of tetrazole rings is 1. The fourth-order valence-corrected chi connectivity index (χ4v) is 4.88. The Labute approximate surface area is 209 Å². The summed E-state index contributed by atoms with van der Waals surface area (Å²) in [7, 11) is 0. The Morgan fingerprint density at radius 3 is 2.49 bits per heavy atom. The minimum atomic E-state index is -0.0633. The molecule has 0 bridgehead atoms. The predicted octanol–water partition coefficient (Wildman–Crippen LogP) is 5.88. The van der Waals surface area contributed by atoms with E-state index < -0.39 is 0 Å². The zero-order chi connectivity index (χ0) is 24.4. The van der Waals surface area contributed by atoms with Gasteiger partial charge in [-0.3, -0.25) is 4.79 Å². The number of pyridine rings is 1. The van der Waals surface area contributed by atoms with Gasteiger partial charge in [-0.2, -0.15) is 0 Å². The van der Waals surface area contributed by atoms with E-state index in [1.165, 1.54) is 18.4 Å². The lowest BCUT2D eigenvalue weighted by atomic mass is 10.0. The minimum absolute atomic E-state index is 0.0595. The maximum atomic E-state index is 13.1. The normalized spacial score (nSPS) is 13.6. The molecule has 1 fully saturated rings. The number of carbonyl (C=O) groups excluding carboxylic acids is 1. The van der Waals surface area contributed by atoms with Crippen LogP contribution in [0.4, 0.5) is 5.69 Å². The van der Waals surface area contributed by atoms with E-state index in [1.54, 1.807) is 11.8 Å². The molecule has 5 rings (SSSR count). The van der Waals surface area contributed by atoms with Gasteiger partial charge in [-0.1, -0.05) is 81.1 Å². The van der Waals surface area contributed by atoms with Crippen molar-refractivity contribution in [2.45, 2.75) is 55.7 Å². The van der Waals surface area contributed by atoms with E-state index in [1.807, 2.05) is 36.5 Å². The van der Waals surface area contributed by atoms with Gasteiger partial charge in [-0.25, -0.2) is 10.1 Å². The molecule has 178 valence electrons. The minimum Gasteiger partial charge on any atom is -0.323 e. The van der Waals surface area contributed by atoms with E-state index >= 15 is 0 Å². The molecule has 4 aromatic rings. The third-order valence-electron chi connectivity index (χ3n) is 5.76. The molecule has 1 aliphatic rings. The van der Waals surface area contributed by atoms with Crippen LogP contribution >= 0.6 is 11.8 Å². The highest BCUT2D eigenvalue weighted by molar-refractivity contribution is 8.00. The Kier molecular flexibility index (Phi) is 6.38. The van der Waals surface area contributed by atoms with Crippen LogP contribution in [0.3, 0.4) is 0 Å². The number of amides is 1. The monoisotopic (exact) mass is 484 g/mol. The first-order chi connectivity index (χ1) is 16.9. The first kappa shape index (κ1) is 23.2. The summed E-state index contributed by atoms with van der Waals surface area (Å²) in [6.07, 6.45) is 4.69. The Morgan fingerprint density at radius 2 is 1.83 bits per heavy atom. The number of hydrogen-bond donors (Lipinski definition) is 2. The first-order valence-electron chi connectivity index (χ1n) is 11.8. The van der Waals surface area contributed by atoms with Crippen LogP contribution in [0.2, 0.25) is 0 Å². The average Bonchev–Trinajstić information content (AvgIpc) is 3.53. The maximum Gasteiger partial charge on any atom is 0.228 e. The Bertz CT molecular complexity index is 1320. The molecule has 1 saturated carbocycles. The SMILES string of the molecule is CC(C)(C)Sc1ncc(-c2ccccc2-c2nnn[nH]2)cc1NC(=O)Cc1ccc(C2CC2)cc1. The van der Waals surface area contributed by atoms with Crippen LogP contribution in [0.25, 0.3) is 22.5 Å². The number of H-pyrrole nitrogens is 1. The van der Waals surface area contributed by atoms with Gasteiger partial charge < -0.3 is 5.32 Å². The molecule has 1 aliphatic carbocycles. The smallest absolute Gasteiger partial charge is 0.228 e. The van der Waals surface area contributed by atoms with E-state index in [0.717, 1.165) is 27.3 Å². The fraction of sp³-hybridized carbons (Fsp3) is 0.296. The van der Waals surface area contributed by atoms with Gasteiger partial charge in [-0.15, -0.1) is 5.10 Å². The van der Waals surface area contributed by atoms with Crippen molar-refractivity contribution in [3.63, 3.8) is 0 Å². The summed E-state index contributed by atoms with van der Waals surface area (Å²) < 4.78 is -0.0595. The molecule has 0 radical (unpaired) electrons. The molecular formula is C27H28N6OS. The predicted molar refractivity (Wildman–Crippen MR) is 139 cm³/mol. The van der Waals surface area contributed by atoms with Gasteiger partial charge in [0, 0.05) is 22.1 Å². The van der Waals surface area contributed by atoms with E-state index in [-0.39, 0.29) is 10.7 Å². The van der Waals surface area contributed by atoms with Gasteiger partial charge in [0.1, 0.15) is 5.03 Å². The van der Waals surface area contributed by atoms with Gasteiger partial charge in [-0.05, 0) is 51.9 Å². The van der Waals surface area contributed by atoms with Crippen molar-refractivity contribution in [2.75, 3.05) is 5.32 Å². The van der Waals surface area contributed by atoms with Crippen molar-refractivity contribution < 1.29 is 4.79 Å². The standard InChI is InChI=1S/C27H28N6OS/c1-27(2,3)35-26-23(29-24(34)14-17-8-10-18(11-9-17)19-12-13-19)15-20(16-28-26)21-6-4-5-7-22(21)25-30-32-33-31-25/h4-11,15-16,19H,12-14H2,1-3H3,(H,29,34)(H,30,31,32,33). The Hall–Kier alpha value is -3.52. The summed E-state index contributed by atoms with van der Waals surface area (Å²) in [5.74, 6) is 1.22. The molecule has 0 aliphatic heterocycles. The molecule has 0 unspecified atom stereocenters. The van der Waals surface area contributed by atoms with Crippen LogP contribution in [-0.2, 0) is 11.2 Å². The summed E-state index contributed by atoms with van der Waals surface area (Å²) in [6, 6.07) is 18.3. The number of nitrogens with zero attached hydrogens (tertiary/aromatic N) is 4. The number of benzene rings is 2. The van der Waals surface area contributed by atoms with Crippen LogP contribution in [0.15, 0.2) is 65.8 Å². The molecule has 2 aromatic carbocycles.